The molecule has 0 bridgehead atoms. The molecule has 4 nitrogen and oxygen atoms in total. The first-order valence-electron chi connectivity index (χ1n) is 12.3. The minimum Gasteiger partial charge on any atom is -0.406 e. The van der Waals surface area contributed by atoms with E-state index in [0.717, 1.165) is 45.4 Å². The molecule has 2 aromatic carbocycles. The second-order valence-electron chi connectivity index (χ2n) is 9.75. The molecule has 1 saturated carbocycles. The summed E-state index contributed by atoms with van der Waals surface area (Å²) in [5.74, 6) is -0.549. The summed E-state index contributed by atoms with van der Waals surface area (Å²) in [7, 11) is 0. The first-order chi connectivity index (χ1) is 16.2. The number of rotatable bonds is 6. The molecule has 0 aromatic heterocycles. The molecular weight excluding hydrogens is 441 g/mol. The summed E-state index contributed by atoms with van der Waals surface area (Å²) in [5, 5.41) is 12.0. The first kappa shape index (κ1) is 25.0. The molecule has 0 radical (unpaired) electrons. The number of hydrogen-bond acceptors (Lipinski definition) is 4. The van der Waals surface area contributed by atoms with E-state index in [1.54, 1.807) is 12.1 Å². The number of piperazine rings is 1. The highest BCUT2D eigenvalue weighted by atomic mass is 19.4. The summed E-state index contributed by atoms with van der Waals surface area (Å²) in [4.78, 5) is 4.88. The molecular formula is C27H35F3N2O2. The van der Waals surface area contributed by atoms with E-state index in [1.165, 1.54) is 17.7 Å². The molecule has 34 heavy (non-hydrogen) atoms. The molecule has 1 saturated heterocycles. The zero-order chi connectivity index (χ0) is 24.3. The van der Waals surface area contributed by atoms with Gasteiger partial charge in [-0.05, 0) is 43.0 Å². The van der Waals surface area contributed by atoms with Crippen LogP contribution in [-0.4, -0.2) is 59.1 Å². The van der Waals surface area contributed by atoms with Crippen LogP contribution in [0.15, 0.2) is 54.6 Å². The molecule has 1 aliphatic carbocycles. The van der Waals surface area contributed by atoms with Gasteiger partial charge in [0, 0.05) is 44.2 Å². The summed E-state index contributed by atoms with van der Waals surface area (Å²) in [6.45, 7) is 7.75. The summed E-state index contributed by atoms with van der Waals surface area (Å²) >= 11 is 0. The van der Waals surface area contributed by atoms with Gasteiger partial charge in [-0.2, -0.15) is 0 Å². The Morgan fingerprint density at radius 3 is 2.29 bits per heavy atom. The second kappa shape index (κ2) is 10.3. The predicted molar refractivity (Wildman–Crippen MR) is 127 cm³/mol. The van der Waals surface area contributed by atoms with Crippen molar-refractivity contribution < 1.29 is 23.0 Å². The molecule has 0 spiro atoms. The fourth-order valence-electron chi connectivity index (χ4n) is 5.81. The number of ether oxygens (including phenoxy) is 1. The summed E-state index contributed by atoms with van der Waals surface area (Å²) in [6.07, 6.45) is -1.22. The van der Waals surface area contributed by atoms with Gasteiger partial charge < -0.3 is 9.84 Å². The van der Waals surface area contributed by atoms with E-state index in [1.807, 2.05) is 13.0 Å². The summed E-state index contributed by atoms with van der Waals surface area (Å²) < 4.78 is 42.3. The van der Waals surface area contributed by atoms with Crippen LogP contribution in [-0.2, 0) is 0 Å². The van der Waals surface area contributed by atoms with Gasteiger partial charge in [0.15, 0.2) is 0 Å². The lowest BCUT2D eigenvalue weighted by atomic mass is 9.69. The van der Waals surface area contributed by atoms with E-state index in [2.05, 4.69) is 45.7 Å². The third-order valence-electron chi connectivity index (χ3n) is 7.84. The van der Waals surface area contributed by atoms with E-state index in [9.17, 15) is 18.3 Å². The molecule has 3 unspecified atom stereocenters. The maximum Gasteiger partial charge on any atom is 0.573 e. The fourth-order valence-corrected chi connectivity index (χ4v) is 5.81. The Morgan fingerprint density at radius 1 is 0.941 bits per heavy atom. The van der Waals surface area contributed by atoms with E-state index < -0.39 is 12.0 Å². The molecule has 1 aliphatic heterocycles. The minimum atomic E-state index is -4.73. The van der Waals surface area contributed by atoms with Gasteiger partial charge in [-0.25, -0.2) is 0 Å². The van der Waals surface area contributed by atoms with Gasteiger partial charge in [0.2, 0.25) is 0 Å². The van der Waals surface area contributed by atoms with Crippen molar-refractivity contribution >= 4 is 0 Å². The number of hydrogen-bond donors (Lipinski definition) is 1. The molecule has 186 valence electrons. The lowest BCUT2D eigenvalue weighted by Gasteiger charge is -2.51. The Hall–Kier alpha value is -2.09. The van der Waals surface area contributed by atoms with Crippen LogP contribution in [0.3, 0.4) is 0 Å². The lowest BCUT2D eigenvalue weighted by Crippen LogP contribution is -2.61. The van der Waals surface area contributed by atoms with E-state index in [4.69, 9.17) is 0 Å². The predicted octanol–water partition coefficient (Wildman–Crippen LogP) is 5.74. The number of nitrogens with zero attached hydrogens (tertiary/aromatic N) is 2. The third kappa shape index (κ3) is 5.58. The molecule has 4 rings (SSSR count). The molecule has 2 fully saturated rings. The number of halogens is 3. The van der Waals surface area contributed by atoms with Crippen molar-refractivity contribution in [2.45, 2.75) is 69.5 Å². The van der Waals surface area contributed by atoms with Gasteiger partial charge in [-0.1, -0.05) is 62.2 Å². The standard InChI is InChI=1S/C27H35F3N2O2/c1-20(23-11-8-12-24(19-23)34-27(28,29)30)26(33)14-7-6-13-25(26)32-17-15-31(16-18-32)21(2)22-9-4-3-5-10-22/h3-5,8-12,19-21,25,33H,6-7,13-18H2,1-2H3/t20?,21-,25?,26?/m1/s1. The first-order valence-corrected chi connectivity index (χ1v) is 12.3. The van der Waals surface area contributed by atoms with Crippen LogP contribution in [0.2, 0.25) is 0 Å². The van der Waals surface area contributed by atoms with Gasteiger partial charge in [0.1, 0.15) is 5.75 Å². The number of aliphatic hydroxyl groups is 1. The van der Waals surface area contributed by atoms with Crippen LogP contribution >= 0.6 is 0 Å². The Morgan fingerprint density at radius 2 is 1.62 bits per heavy atom. The number of alkyl halides is 3. The second-order valence-corrected chi connectivity index (χ2v) is 9.75. The van der Waals surface area contributed by atoms with Crippen LogP contribution < -0.4 is 4.74 Å². The smallest absolute Gasteiger partial charge is 0.406 e. The topological polar surface area (TPSA) is 35.9 Å². The van der Waals surface area contributed by atoms with Crippen LogP contribution in [0.5, 0.6) is 5.75 Å². The van der Waals surface area contributed by atoms with Crippen LogP contribution in [0, 0.1) is 0 Å². The highest BCUT2D eigenvalue weighted by Gasteiger charge is 2.47. The summed E-state index contributed by atoms with van der Waals surface area (Å²) in [5.41, 5.74) is 0.981. The maximum absolute atomic E-state index is 12.7. The van der Waals surface area contributed by atoms with Crippen molar-refractivity contribution in [3.05, 3.63) is 65.7 Å². The zero-order valence-corrected chi connectivity index (χ0v) is 20.0. The van der Waals surface area contributed by atoms with Gasteiger partial charge in [0.05, 0.1) is 5.60 Å². The van der Waals surface area contributed by atoms with Crippen molar-refractivity contribution in [1.29, 1.82) is 0 Å². The molecule has 2 aliphatic rings. The van der Waals surface area contributed by atoms with E-state index in [-0.39, 0.29) is 17.7 Å². The maximum atomic E-state index is 12.7. The summed E-state index contributed by atoms with van der Waals surface area (Å²) in [6, 6.07) is 16.9. The van der Waals surface area contributed by atoms with Crippen molar-refractivity contribution in [3.63, 3.8) is 0 Å². The Labute approximate surface area is 200 Å². The quantitative estimate of drug-likeness (QED) is 0.577. The van der Waals surface area contributed by atoms with Crippen LogP contribution in [0.4, 0.5) is 13.2 Å². The highest BCUT2D eigenvalue weighted by Crippen LogP contribution is 2.43. The molecule has 4 atom stereocenters. The molecule has 2 aromatic rings. The van der Waals surface area contributed by atoms with E-state index >= 15 is 0 Å². The molecule has 0 amide bonds. The van der Waals surface area contributed by atoms with Gasteiger partial charge in [-0.3, -0.25) is 9.80 Å². The molecule has 1 N–H and O–H groups in total. The average Bonchev–Trinajstić information content (AvgIpc) is 2.83. The monoisotopic (exact) mass is 476 g/mol. The normalized spacial score (nSPS) is 26.7. The highest BCUT2D eigenvalue weighted by molar-refractivity contribution is 5.33. The minimum absolute atomic E-state index is 0.0161. The SMILES string of the molecule is CC(c1cccc(OC(F)(F)F)c1)C1(O)CCCCC1N1CCN([C@H](C)c2ccccc2)CC1. The van der Waals surface area contributed by atoms with Gasteiger partial charge in [0.25, 0.3) is 0 Å². The fraction of sp³-hybridized carbons (Fsp3) is 0.556. The van der Waals surface area contributed by atoms with Crippen molar-refractivity contribution in [1.82, 2.24) is 9.80 Å². The Kier molecular flexibility index (Phi) is 7.55. The lowest BCUT2D eigenvalue weighted by molar-refractivity contribution is -0.274. The molecule has 1 heterocycles. The van der Waals surface area contributed by atoms with E-state index in [0.29, 0.717) is 18.0 Å². The Balaban J connectivity index is 1.46. The van der Waals surface area contributed by atoms with Crippen LogP contribution in [0.1, 0.15) is 62.6 Å². The average molecular weight is 477 g/mol. The van der Waals surface area contributed by atoms with Crippen molar-refractivity contribution in [2.75, 3.05) is 26.2 Å². The van der Waals surface area contributed by atoms with Gasteiger partial charge >= 0.3 is 6.36 Å². The van der Waals surface area contributed by atoms with Crippen molar-refractivity contribution in [3.8, 4) is 5.75 Å². The Bertz CT molecular complexity index is 931. The van der Waals surface area contributed by atoms with Crippen LogP contribution in [0.25, 0.3) is 0 Å². The number of benzene rings is 2. The third-order valence-corrected chi connectivity index (χ3v) is 7.84. The van der Waals surface area contributed by atoms with Gasteiger partial charge in [-0.15, -0.1) is 13.2 Å². The largest absolute Gasteiger partial charge is 0.573 e. The van der Waals surface area contributed by atoms with Crippen molar-refractivity contribution in [2.24, 2.45) is 0 Å². The zero-order valence-electron chi connectivity index (χ0n) is 20.0. The molecule has 7 heteroatoms.